The monoisotopic (exact) mass is 478 g/mol. The summed E-state index contributed by atoms with van der Waals surface area (Å²) in [4.78, 5) is 25.9. The van der Waals surface area contributed by atoms with Gasteiger partial charge in [-0.1, -0.05) is 26.0 Å². The topological polar surface area (TPSA) is 106 Å². The number of esters is 1. The molecule has 1 aliphatic heterocycles. The molecule has 10 heteroatoms. The van der Waals surface area contributed by atoms with Gasteiger partial charge in [0.25, 0.3) is 10.0 Å². The Kier molecular flexibility index (Phi) is 8.15. The van der Waals surface area contributed by atoms with Crippen LogP contribution in [0.3, 0.4) is 0 Å². The number of hydrogen-bond acceptors (Lipinski definition) is 7. The van der Waals surface area contributed by atoms with Crippen molar-refractivity contribution >= 4 is 21.9 Å². The molecule has 0 atom stereocenters. The second-order valence-corrected chi connectivity index (χ2v) is 9.82. The van der Waals surface area contributed by atoms with Gasteiger partial charge >= 0.3 is 5.97 Å². The lowest BCUT2D eigenvalue weighted by Gasteiger charge is -2.33. The normalized spacial score (nSPS) is 15.0. The molecule has 0 N–H and O–H groups in total. The van der Waals surface area contributed by atoms with Gasteiger partial charge < -0.3 is 18.8 Å². The highest BCUT2D eigenvalue weighted by atomic mass is 32.2. The highest BCUT2D eigenvalue weighted by Crippen LogP contribution is 2.22. The van der Waals surface area contributed by atoms with Gasteiger partial charge in [-0.3, -0.25) is 4.79 Å². The van der Waals surface area contributed by atoms with Crippen LogP contribution in [0.1, 0.15) is 49.2 Å². The molecule has 33 heavy (non-hydrogen) atoms. The number of benzene rings is 1. The summed E-state index contributed by atoms with van der Waals surface area (Å²) in [5, 5.41) is -0.317. The number of furan rings is 1. The molecule has 2 aromatic rings. The van der Waals surface area contributed by atoms with E-state index in [1.807, 2.05) is 24.3 Å². The van der Waals surface area contributed by atoms with E-state index in [4.69, 9.17) is 13.9 Å². The van der Waals surface area contributed by atoms with Crippen molar-refractivity contribution in [1.29, 1.82) is 0 Å². The Morgan fingerprint density at radius 3 is 2.30 bits per heavy atom. The number of nitrogens with zero attached hydrogens (tertiary/aromatic N) is 2. The Morgan fingerprint density at radius 1 is 1.03 bits per heavy atom. The number of ether oxygens (including phenoxy) is 2. The first kappa shape index (κ1) is 24.8. The summed E-state index contributed by atoms with van der Waals surface area (Å²) in [6.45, 7) is 7.12. The van der Waals surface area contributed by atoms with E-state index < -0.39 is 16.0 Å². The Bertz CT molecular complexity index is 1050. The Morgan fingerprint density at radius 2 is 1.70 bits per heavy atom. The molecule has 0 aliphatic carbocycles. The van der Waals surface area contributed by atoms with Crippen molar-refractivity contribution < 1.29 is 31.9 Å². The second kappa shape index (κ2) is 10.8. The number of amides is 1. The third-order valence-electron chi connectivity index (χ3n) is 5.37. The molecule has 0 bridgehead atoms. The minimum atomic E-state index is -3.91. The summed E-state index contributed by atoms with van der Waals surface area (Å²) in [7, 11) is -3.91. The Balaban J connectivity index is 1.47. The van der Waals surface area contributed by atoms with Gasteiger partial charge in [0.1, 0.15) is 5.75 Å². The quantitative estimate of drug-likeness (QED) is 0.510. The van der Waals surface area contributed by atoms with Crippen LogP contribution in [0, 0.1) is 0 Å². The minimum Gasteiger partial charge on any atom is -0.493 e. The zero-order valence-corrected chi connectivity index (χ0v) is 20.0. The summed E-state index contributed by atoms with van der Waals surface area (Å²) < 4.78 is 42.6. The SMILES string of the molecule is CCOC(=O)c1ccc(S(=O)(=O)N2CCN(C(=O)CCOc3ccc(C(C)C)cc3)CC2)o1. The van der Waals surface area contributed by atoms with Gasteiger partial charge in [-0.15, -0.1) is 0 Å². The maximum Gasteiger partial charge on any atom is 0.374 e. The predicted octanol–water partition coefficient (Wildman–Crippen LogP) is 2.88. The van der Waals surface area contributed by atoms with Crippen LogP contribution in [0.2, 0.25) is 0 Å². The van der Waals surface area contributed by atoms with Crippen molar-refractivity contribution in [3.8, 4) is 5.75 Å². The molecular formula is C23H30N2O7S. The lowest BCUT2D eigenvalue weighted by Crippen LogP contribution is -2.50. The molecule has 1 aromatic carbocycles. The lowest BCUT2D eigenvalue weighted by atomic mass is 10.0. The molecule has 0 radical (unpaired) electrons. The minimum absolute atomic E-state index is 0.0894. The van der Waals surface area contributed by atoms with Crippen LogP contribution in [0.25, 0.3) is 0 Å². The van der Waals surface area contributed by atoms with E-state index in [9.17, 15) is 18.0 Å². The van der Waals surface area contributed by atoms with Crippen molar-refractivity contribution in [2.24, 2.45) is 0 Å². The molecule has 2 heterocycles. The van der Waals surface area contributed by atoms with Gasteiger partial charge in [0.05, 0.1) is 19.6 Å². The summed E-state index contributed by atoms with van der Waals surface area (Å²) in [5.74, 6) is 0.184. The highest BCUT2D eigenvalue weighted by Gasteiger charge is 2.32. The molecule has 0 saturated carbocycles. The summed E-state index contributed by atoms with van der Waals surface area (Å²) in [6, 6.07) is 10.3. The average molecular weight is 479 g/mol. The van der Waals surface area contributed by atoms with Crippen LogP contribution >= 0.6 is 0 Å². The molecule has 3 rings (SSSR count). The molecule has 1 amide bonds. The van der Waals surface area contributed by atoms with Crippen LogP contribution in [-0.4, -0.2) is 68.9 Å². The number of carbonyl (C=O) groups excluding carboxylic acids is 2. The summed E-state index contributed by atoms with van der Waals surface area (Å²) in [6.07, 6.45) is 0.208. The number of piperazine rings is 1. The fourth-order valence-electron chi connectivity index (χ4n) is 3.44. The second-order valence-electron chi connectivity index (χ2n) is 7.95. The van der Waals surface area contributed by atoms with Crippen LogP contribution in [0.4, 0.5) is 0 Å². The fourth-order valence-corrected chi connectivity index (χ4v) is 4.77. The Labute approximate surface area is 194 Å². The molecule has 9 nitrogen and oxygen atoms in total. The van der Waals surface area contributed by atoms with Crippen molar-refractivity contribution in [2.45, 2.75) is 38.2 Å². The molecule has 1 saturated heterocycles. The lowest BCUT2D eigenvalue weighted by molar-refractivity contribution is -0.132. The van der Waals surface area contributed by atoms with Gasteiger partial charge in [0.2, 0.25) is 16.8 Å². The summed E-state index contributed by atoms with van der Waals surface area (Å²) in [5.41, 5.74) is 1.22. The van der Waals surface area contributed by atoms with Gasteiger partial charge in [0, 0.05) is 26.2 Å². The van der Waals surface area contributed by atoms with Crippen LogP contribution < -0.4 is 4.74 Å². The van der Waals surface area contributed by atoms with Crippen molar-refractivity contribution in [3.05, 3.63) is 47.7 Å². The van der Waals surface area contributed by atoms with E-state index in [2.05, 4.69) is 13.8 Å². The van der Waals surface area contributed by atoms with E-state index >= 15 is 0 Å². The van der Waals surface area contributed by atoms with Gasteiger partial charge in [0.15, 0.2) is 0 Å². The first-order valence-electron chi connectivity index (χ1n) is 11.0. The number of carbonyl (C=O) groups is 2. The Hall–Kier alpha value is -2.85. The average Bonchev–Trinajstić information content (AvgIpc) is 3.31. The maximum atomic E-state index is 12.8. The zero-order valence-electron chi connectivity index (χ0n) is 19.2. The molecule has 0 spiro atoms. The zero-order chi connectivity index (χ0) is 24.0. The van der Waals surface area contributed by atoms with E-state index in [1.54, 1.807) is 11.8 Å². The third kappa shape index (κ3) is 6.14. The standard InChI is InChI=1S/C23H30N2O7S/c1-4-30-23(27)20-9-10-22(32-20)33(28,29)25-14-12-24(13-15-25)21(26)11-16-31-19-7-5-18(6-8-19)17(2)3/h5-10,17H,4,11-16H2,1-3H3. The van der Waals surface area contributed by atoms with Crippen LogP contribution in [-0.2, 0) is 19.6 Å². The molecule has 180 valence electrons. The van der Waals surface area contributed by atoms with E-state index in [-0.39, 0.29) is 62.6 Å². The molecular weight excluding hydrogens is 448 g/mol. The van der Waals surface area contributed by atoms with Crippen molar-refractivity contribution in [3.63, 3.8) is 0 Å². The van der Waals surface area contributed by atoms with Crippen molar-refractivity contribution in [1.82, 2.24) is 9.21 Å². The van der Waals surface area contributed by atoms with E-state index in [0.717, 1.165) is 0 Å². The number of sulfonamides is 1. The predicted molar refractivity (Wildman–Crippen MR) is 121 cm³/mol. The molecule has 1 fully saturated rings. The first-order valence-corrected chi connectivity index (χ1v) is 12.4. The summed E-state index contributed by atoms with van der Waals surface area (Å²) >= 11 is 0. The van der Waals surface area contributed by atoms with Crippen molar-refractivity contribution in [2.75, 3.05) is 39.4 Å². The van der Waals surface area contributed by atoms with Gasteiger partial charge in [-0.2, -0.15) is 4.31 Å². The molecule has 0 unspecified atom stereocenters. The van der Waals surface area contributed by atoms with Crippen LogP contribution in [0.15, 0.2) is 45.9 Å². The van der Waals surface area contributed by atoms with Crippen LogP contribution in [0.5, 0.6) is 5.75 Å². The first-order chi connectivity index (χ1) is 15.7. The maximum absolute atomic E-state index is 12.8. The van der Waals surface area contributed by atoms with E-state index in [0.29, 0.717) is 11.7 Å². The number of hydrogen-bond donors (Lipinski definition) is 0. The number of rotatable bonds is 9. The van der Waals surface area contributed by atoms with E-state index in [1.165, 1.54) is 22.0 Å². The smallest absolute Gasteiger partial charge is 0.374 e. The molecule has 1 aromatic heterocycles. The van der Waals surface area contributed by atoms with Gasteiger partial charge in [-0.25, -0.2) is 13.2 Å². The fraction of sp³-hybridized carbons (Fsp3) is 0.478. The third-order valence-corrected chi connectivity index (χ3v) is 7.15. The van der Waals surface area contributed by atoms with Gasteiger partial charge in [-0.05, 0) is 42.7 Å². The highest BCUT2D eigenvalue weighted by molar-refractivity contribution is 7.89. The molecule has 1 aliphatic rings. The largest absolute Gasteiger partial charge is 0.493 e.